The van der Waals surface area contributed by atoms with Crippen LogP contribution < -0.4 is 15.0 Å². The lowest BCUT2D eigenvalue weighted by Crippen LogP contribution is -2.20. The van der Waals surface area contributed by atoms with E-state index in [4.69, 9.17) is 4.74 Å². The molecule has 1 aliphatic heterocycles. The van der Waals surface area contributed by atoms with Crippen LogP contribution in [0.25, 0.3) is 0 Å². The number of aromatic nitrogens is 3. The van der Waals surface area contributed by atoms with E-state index in [9.17, 15) is 18.0 Å². The minimum Gasteiger partial charge on any atom is -0.496 e. The van der Waals surface area contributed by atoms with Crippen molar-refractivity contribution < 1.29 is 22.7 Å². The third-order valence-electron chi connectivity index (χ3n) is 5.36. The van der Waals surface area contributed by atoms with Gasteiger partial charge in [-0.3, -0.25) is 9.78 Å². The molecule has 1 N–H and O–H groups in total. The molecule has 1 aliphatic rings. The number of ether oxygens (including phenoxy) is 1. The van der Waals surface area contributed by atoms with Crippen LogP contribution in [0.3, 0.4) is 0 Å². The fourth-order valence-corrected chi connectivity index (χ4v) is 3.85. The molecule has 10 heteroatoms. The van der Waals surface area contributed by atoms with Crippen molar-refractivity contribution in [3.05, 3.63) is 72.1 Å². The molecule has 1 aromatic carbocycles. The number of carbonyl (C=O) groups excluding carboxylic acids is 1. The van der Waals surface area contributed by atoms with Crippen molar-refractivity contribution in [2.24, 2.45) is 0 Å². The number of hydrogen-bond donors (Lipinski definition) is 1. The number of nitrogens with one attached hydrogen (secondary N) is 1. The van der Waals surface area contributed by atoms with Gasteiger partial charge in [0.1, 0.15) is 12.1 Å². The van der Waals surface area contributed by atoms with Gasteiger partial charge in [-0.15, -0.1) is 0 Å². The van der Waals surface area contributed by atoms with Gasteiger partial charge in [-0.05, 0) is 24.1 Å². The summed E-state index contributed by atoms with van der Waals surface area (Å²) in [4.78, 5) is 26.7. The summed E-state index contributed by atoms with van der Waals surface area (Å²) in [6.45, 7) is 1.50. The number of para-hydroxylation sites is 1. The summed E-state index contributed by atoms with van der Waals surface area (Å²) in [7, 11) is 1.47. The number of methoxy groups -OCH3 is 1. The summed E-state index contributed by atoms with van der Waals surface area (Å²) in [5.74, 6) is -0.0645. The molecule has 1 unspecified atom stereocenters. The molecule has 166 valence electrons. The normalized spacial score (nSPS) is 16.1. The van der Waals surface area contributed by atoms with E-state index in [2.05, 4.69) is 25.2 Å². The van der Waals surface area contributed by atoms with Crippen LogP contribution in [0.4, 0.5) is 24.5 Å². The van der Waals surface area contributed by atoms with Crippen LogP contribution in [0.5, 0.6) is 5.75 Å². The highest BCUT2D eigenvalue weighted by molar-refractivity contribution is 6.06. The zero-order valence-electron chi connectivity index (χ0n) is 17.1. The van der Waals surface area contributed by atoms with Gasteiger partial charge in [0.15, 0.2) is 0 Å². The van der Waals surface area contributed by atoms with Gasteiger partial charge in [-0.2, -0.15) is 13.2 Å². The number of hydrogen-bond acceptors (Lipinski definition) is 6. The second-order valence-electron chi connectivity index (χ2n) is 7.37. The molecule has 2 aromatic heterocycles. The average molecular weight is 443 g/mol. The molecular formula is C22H20F3N5O2. The minimum atomic E-state index is -4.55. The standard InChI is InChI=1S/C22H20F3N5O2/c1-32-20-18(14-5-6-30(12-14)17-10-27-13-28-11-17)3-2-4-19(20)21(31)29-16-7-15(8-26-9-16)22(23,24)25/h2-4,7-11,13-14H,5-6,12H2,1H3,(H,29,31). The molecule has 4 rings (SSSR count). The number of alkyl halides is 3. The van der Waals surface area contributed by atoms with Crippen LogP contribution in [0, 0.1) is 0 Å². The third-order valence-corrected chi connectivity index (χ3v) is 5.36. The summed E-state index contributed by atoms with van der Waals surface area (Å²) < 4.78 is 44.4. The Labute approximate surface area is 182 Å². The van der Waals surface area contributed by atoms with Gasteiger partial charge in [-0.1, -0.05) is 12.1 Å². The van der Waals surface area contributed by atoms with Gasteiger partial charge in [0.2, 0.25) is 0 Å². The summed E-state index contributed by atoms with van der Waals surface area (Å²) in [6, 6.07) is 6.07. The summed E-state index contributed by atoms with van der Waals surface area (Å²) in [5, 5.41) is 2.49. The molecule has 7 nitrogen and oxygen atoms in total. The van der Waals surface area contributed by atoms with Gasteiger partial charge in [0.25, 0.3) is 5.91 Å². The molecular weight excluding hydrogens is 423 g/mol. The molecule has 0 saturated carbocycles. The average Bonchev–Trinajstić information content (AvgIpc) is 3.29. The van der Waals surface area contributed by atoms with Crippen LogP contribution >= 0.6 is 0 Å². The molecule has 1 atom stereocenters. The van der Waals surface area contributed by atoms with Gasteiger partial charge >= 0.3 is 6.18 Å². The number of halogens is 3. The summed E-state index contributed by atoms with van der Waals surface area (Å²) in [5.41, 5.74) is 1.03. The molecule has 1 amide bonds. The fraction of sp³-hybridized carbons (Fsp3) is 0.273. The van der Waals surface area contributed by atoms with Crippen LogP contribution in [-0.2, 0) is 6.18 Å². The summed E-state index contributed by atoms with van der Waals surface area (Å²) in [6.07, 6.45) is 3.14. The Morgan fingerprint density at radius 2 is 1.94 bits per heavy atom. The number of amides is 1. The second-order valence-corrected chi connectivity index (χ2v) is 7.37. The molecule has 0 radical (unpaired) electrons. The van der Waals surface area contributed by atoms with Crippen molar-refractivity contribution >= 4 is 17.3 Å². The van der Waals surface area contributed by atoms with E-state index in [1.807, 2.05) is 6.07 Å². The Bertz CT molecular complexity index is 1110. The van der Waals surface area contributed by atoms with Crippen LogP contribution in [-0.4, -0.2) is 41.1 Å². The molecule has 3 aromatic rings. The molecule has 3 heterocycles. The zero-order chi connectivity index (χ0) is 22.7. The first-order chi connectivity index (χ1) is 15.4. The van der Waals surface area contributed by atoms with Gasteiger partial charge in [-0.25, -0.2) is 9.97 Å². The van der Waals surface area contributed by atoms with Crippen LogP contribution in [0.1, 0.15) is 33.8 Å². The smallest absolute Gasteiger partial charge is 0.417 e. The second kappa shape index (κ2) is 8.81. The maximum atomic E-state index is 12.9. The first-order valence-corrected chi connectivity index (χ1v) is 9.87. The van der Waals surface area contributed by atoms with Crippen LogP contribution in [0.15, 0.2) is 55.4 Å². The monoisotopic (exact) mass is 443 g/mol. The Balaban J connectivity index is 1.56. The predicted molar refractivity (Wildman–Crippen MR) is 112 cm³/mol. The maximum Gasteiger partial charge on any atom is 0.417 e. The summed E-state index contributed by atoms with van der Waals surface area (Å²) >= 11 is 0. The molecule has 0 bridgehead atoms. The van der Waals surface area contributed by atoms with Crippen molar-refractivity contribution in [2.45, 2.75) is 18.5 Å². The first-order valence-electron chi connectivity index (χ1n) is 9.87. The number of anilines is 2. The van der Waals surface area contributed by atoms with Crippen molar-refractivity contribution in [3.63, 3.8) is 0 Å². The molecule has 32 heavy (non-hydrogen) atoms. The maximum absolute atomic E-state index is 12.9. The Hall–Kier alpha value is -3.69. The van der Waals surface area contributed by atoms with E-state index in [1.165, 1.54) is 19.6 Å². The predicted octanol–water partition coefficient (Wildman–Crippen LogP) is 4.15. The highest BCUT2D eigenvalue weighted by Crippen LogP contribution is 2.37. The quantitative estimate of drug-likeness (QED) is 0.638. The number of nitrogens with zero attached hydrogens (tertiary/aromatic N) is 4. The highest BCUT2D eigenvalue weighted by Gasteiger charge is 2.32. The van der Waals surface area contributed by atoms with Crippen molar-refractivity contribution in [1.29, 1.82) is 0 Å². The lowest BCUT2D eigenvalue weighted by molar-refractivity contribution is -0.137. The van der Waals surface area contributed by atoms with Gasteiger partial charge < -0.3 is 15.0 Å². The highest BCUT2D eigenvalue weighted by atomic mass is 19.4. The Kier molecular flexibility index (Phi) is 5.93. The molecule has 0 spiro atoms. The number of rotatable bonds is 5. The van der Waals surface area contributed by atoms with E-state index >= 15 is 0 Å². The number of pyridine rings is 1. The molecule has 1 fully saturated rings. The minimum absolute atomic E-state index is 0.0478. The Morgan fingerprint density at radius 1 is 1.16 bits per heavy atom. The van der Waals surface area contributed by atoms with E-state index in [-0.39, 0.29) is 17.2 Å². The Morgan fingerprint density at radius 3 is 2.66 bits per heavy atom. The lowest BCUT2D eigenvalue weighted by atomic mass is 9.95. The number of carbonyl (C=O) groups is 1. The third kappa shape index (κ3) is 4.48. The van der Waals surface area contributed by atoms with Crippen molar-refractivity contribution in [3.8, 4) is 5.75 Å². The zero-order valence-corrected chi connectivity index (χ0v) is 17.1. The van der Waals surface area contributed by atoms with Crippen LogP contribution in [0.2, 0.25) is 0 Å². The SMILES string of the molecule is COc1c(C(=O)Nc2cncc(C(F)(F)F)c2)cccc1C1CCN(c2cncnc2)C1. The topological polar surface area (TPSA) is 80.2 Å². The van der Waals surface area contributed by atoms with Crippen molar-refractivity contribution in [2.75, 3.05) is 30.4 Å². The van der Waals surface area contributed by atoms with E-state index in [0.717, 1.165) is 30.3 Å². The largest absolute Gasteiger partial charge is 0.496 e. The van der Waals surface area contributed by atoms with E-state index < -0.39 is 17.6 Å². The van der Waals surface area contributed by atoms with E-state index in [1.54, 1.807) is 24.5 Å². The van der Waals surface area contributed by atoms with Gasteiger partial charge in [0.05, 0.1) is 48.2 Å². The number of benzene rings is 1. The van der Waals surface area contributed by atoms with Crippen molar-refractivity contribution in [1.82, 2.24) is 15.0 Å². The molecule has 0 aliphatic carbocycles. The lowest BCUT2D eigenvalue weighted by Gasteiger charge is -2.20. The first kappa shape index (κ1) is 21.5. The molecule has 1 saturated heterocycles. The van der Waals surface area contributed by atoms with E-state index in [0.29, 0.717) is 18.5 Å². The van der Waals surface area contributed by atoms with Gasteiger partial charge in [0, 0.05) is 25.2 Å². The fourth-order valence-electron chi connectivity index (χ4n) is 3.85.